The first-order valence-electron chi connectivity index (χ1n) is 6.25. The van der Waals surface area contributed by atoms with Gasteiger partial charge in [-0.3, -0.25) is 0 Å². The maximum Gasteiger partial charge on any atom is 0.243 e. The minimum atomic E-state index is -3.57. The molecule has 3 rings (SSSR count). The lowest BCUT2D eigenvalue weighted by molar-refractivity contribution is 0.454. The molecule has 2 aliphatic heterocycles. The molecular weight excluding hydrogens is 276 g/mol. The fourth-order valence-corrected chi connectivity index (χ4v) is 3.93. The zero-order chi connectivity index (χ0) is 13.5. The number of nitrogens with zero attached hydrogens (tertiary/aromatic N) is 3. The van der Waals surface area contributed by atoms with Gasteiger partial charge in [-0.2, -0.15) is 0 Å². The first-order valence-corrected chi connectivity index (χ1v) is 7.74. The van der Waals surface area contributed by atoms with Crippen molar-refractivity contribution in [2.24, 2.45) is 0 Å². The Morgan fingerprint density at radius 3 is 3.00 bits per heavy atom. The van der Waals surface area contributed by atoms with Crippen molar-refractivity contribution in [1.29, 1.82) is 0 Å². The van der Waals surface area contributed by atoms with Crippen LogP contribution in [0.25, 0.3) is 4.85 Å². The molecule has 1 unspecified atom stereocenters. The van der Waals surface area contributed by atoms with Crippen LogP contribution >= 0.6 is 0 Å². The quantitative estimate of drug-likeness (QED) is 0.742. The molecule has 1 aromatic rings. The van der Waals surface area contributed by atoms with Gasteiger partial charge in [0.1, 0.15) is 10.7 Å². The molecule has 0 saturated carbocycles. The van der Waals surface area contributed by atoms with Gasteiger partial charge in [0.25, 0.3) is 0 Å². The summed E-state index contributed by atoms with van der Waals surface area (Å²) >= 11 is 0. The van der Waals surface area contributed by atoms with Gasteiger partial charge in [-0.05, 0) is 25.3 Å². The molecule has 1 aromatic heterocycles. The number of hydrogen-bond acceptors (Lipinski definition) is 4. The molecule has 0 spiro atoms. The standard InChI is InChI=1S/C12H14N4O2S.CH4/c1-13-9-6-11-12(14-7-9)16-5-3-2-4-10(16)8-15-19(11,17)18;/h6-7,10,15H,2-5,8H2;1H4. The lowest BCUT2D eigenvalue weighted by Crippen LogP contribution is -2.44. The zero-order valence-electron chi connectivity index (χ0n) is 10.3. The van der Waals surface area contributed by atoms with Gasteiger partial charge in [0, 0.05) is 25.3 Å². The van der Waals surface area contributed by atoms with Crippen LogP contribution in [0.1, 0.15) is 26.7 Å². The minimum absolute atomic E-state index is 0. The Morgan fingerprint density at radius 2 is 2.25 bits per heavy atom. The lowest BCUT2D eigenvalue weighted by atomic mass is 10.0. The normalized spacial score (nSPS) is 23.6. The van der Waals surface area contributed by atoms with Crippen molar-refractivity contribution in [2.45, 2.75) is 37.6 Å². The Bertz CT molecular complexity index is 651. The van der Waals surface area contributed by atoms with Crippen molar-refractivity contribution in [3.63, 3.8) is 0 Å². The molecule has 2 aliphatic rings. The van der Waals surface area contributed by atoms with Gasteiger partial charge in [-0.15, -0.1) is 0 Å². The fraction of sp³-hybridized carbons (Fsp3) is 0.538. The lowest BCUT2D eigenvalue weighted by Gasteiger charge is -2.35. The summed E-state index contributed by atoms with van der Waals surface area (Å²) < 4.78 is 27.1. The highest BCUT2D eigenvalue weighted by molar-refractivity contribution is 7.89. The molecule has 1 N–H and O–H groups in total. The van der Waals surface area contributed by atoms with E-state index >= 15 is 0 Å². The molecule has 0 radical (unpaired) electrons. The van der Waals surface area contributed by atoms with E-state index in [1.807, 2.05) is 0 Å². The second-order valence-corrected chi connectivity index (χ2v) is 6.56. The van der Waals surface area contributed by atoms with Crippen molar-refractivity contribution in [1.82, 2.24) is 9.71 Å². The van der Waals surface area contributed by atoms with E-state index in [9.17, 15) is 8.42 Å². The summed E-state index contributed by atoms with van der Waals surface area (Å²) in [7, 11) is -3.57. The van der Waals surface area contributed by atoms with Gasteiger partial charge in [-0.25, -0.2) is 23.0 Å². The Balaban J connectivity index is 0.00000147. The van der Waals surface area contributed by atoms with Gasteiger partial charge in [0.05, 0.1) is 6.57 Å². The van der Waals surface area contributed by atoms with Crippen molar-refractivity contribution in [2.75, 3.05) is 18.0 Å². The zero-order valence-corrected chi connectivity index (χ0v) is 11.2. The van der Waals surface area contributed by atoms with Gasteiger partial charge in [0.2, 0.25) is 15.7 Å². The van der Waals surface area contributed by atoms with E-state index in [0.29, 0.717) is 12.4 Å². The van der Waals surface area contributed by atoms with E-state index in [0.717, 1.165) is 25.8 Å². The van der Waals surface area contributed by atoms with Crippen molar-refractivity contribution < 1.29 is 8.42 Å². The molecule has 0 bridgehead atoms. The highest BCUT2D eigenvalue weighted by Gasteiger charge is 2.33. The summed E-state index contributed by atoms with van der Waals surface area (Å²) in [6.07, 6.45) is 4.56. The summed E-state index contributed by atoms with van der Waals surface area (Å²) in [6.45, 7) is 8.21. The summed E-state index contributed by atoms with van der Waals surface area (Å²) in [5.41, 5.74) is 0.250. The van der Waals surface area contributed by atoms with Crippen LogP contribution in [0.15, 0.2) is 17.2 Å². The summed E-state index contributed by atoms with van der Waals surface area (Å²) in [6, 6.07) is 1.57. The number of aromatic nitrogens is 1. The highest BCUT2D eigenvalue weighted by atomic mass is 32.2. The highest BCUT2D eigenvalue weighted by Crippen LogP contribution is 2.33. The average molecular weight is 294 g/mol. The van der Waals surface area contributed by atoms with Crippen LogP contribution in [0, 0.1) is 6.57 Å². The van der Waals surface area contributed by atoms with Crippen molar-refractivity contribution >= 4 is 21.5 Å². The number of anilines is 1. The predicted molar refractivity (Wildman–Crippen MR) is 77.4 cm³/mol. The molecule has 20 heavy (non-hydrogen) atoms. The second kappa shape index (κ2) is 5.38. The maximum atomic E-state index is 12.2. The Kier molecular flexibility index (Phi) is 3.97. The van der Waals surface area contributed by atoms with Crippen LogP contribution in [-0.4, -0.2) is 32.5 Å². The minimum Gasteiger partial charge on any atom is -0.351 e. The van der Waals surface area contributed by atoms with Crippen LogP contribution in [0.5, 0.6) is 0 Å². The summed E-state index contributed by atoms with van der Waals surface area (Å²) in [4.78, 5) is 9.67. The topological polar surface area (TPSA) is 66.7 Å². The largest absolute Gasteiger partial charge is 0.351 e. The summed E-state index contributed by atoms with van der Waals surface area (Å²) in [5.74, 6) is 0.488. The molecule has 7 heteroatoms. The maximum absolute atomic E-state index is 12.2. The van der Waals surface area contributed by atoms with Crippen LogP contribution < -0.4 is 9.62 Å². The van der Waals surface area contributed by atoms with E-state index in [1.54, 1.807) is 0 Å². The molecule has 3 heterocycles. The molecule has 0 aromatic carbocycles. The average Bonchev–Trinajstić information content (AvgIpc) is 2.55. The third-order valence-corrected chi connectivity index (χ3v) is 5.07. The Labute approximate surface area is 119 Å². The van der Waals surface area contributed by atoms with Gasteiger partial charge in [0.15, 0.2) is 0 Å². The second-order valence-electron chi connectivity index (χ2n) is 4.82. The molecule has 0 aliphatic carbocycles. The monoisotopic (exact) mass is 294 g/mol. The SMILES string of the molecule is C.[C-]#[N+]c1cnc2c(c1)S(=O)(=O)NCC1CCCCN21. The number of piperidine rings is 1. The van der Waals surface area contributed by atoms with Crippen LogP contribution in [-0.2, 0) is 10.0 Å². The molecule has 1 saturated heterocycles. The van der Waals surface area contributed by atoms with E-state index < -0.39 is 10.0 Å². The van der Waals surface area contributed by atoms with Crippen molar-refractivity contribution in [3.8, 4) is 0 Å². The van der Waals surface area contributed by atoms with Crippen LogP contribution in [0.4, 0.5) is 11.5 Å². The smallest absolute Gasteiger partial charge is 0.243 e. The van der Waals surface area contributed by atoms with Gasteiger partial charge < -0.3 is 4.90 Å². The number of nitrogens with one attached hydrogen (secondary N) is 1. The van der Waals surface area contributed by atoms with E-state index in [4.69, 9.17) is 6.57 Å². The Hall–Kier alpha value is -1.65. The third kappa shape index (κ3) is 2.37. The third-order valence-electron chi connectivity index (χ3n) is 3.65. The fourth-order valence-electron chi connectivity index (χ4n) is 2.68. The molecular formula is C13H18N4O2S. The number of fused-ring (bicyclic) bond motifs is 3. The van der Waals surface area contributed by atoms with Crippen molar-refractivity contribution in [3.05, 3.63) is 23.7 Å². The van der Waals surface area contributed by atoms with E-state index in [-0.39, 0.29) is 24.1 Å². The Morgan fingerprint density at radius 1 is 1.45 bits per heavy atom. The van der Waals surface area contributed by atoms with Crippen LogP contribution in [0.3, 0.4) is 0 Å². The number of rotatable bonds is 0. The molecule has 108 valence electrons. The number of pyridine rings is 1. The van der Waals surface area contributed by atoms with Gasteiger partial charge >= 0.3 is 0 Å². The van der Waals surface area contributed by atoms with E-state index in [2.05, 4.69) is 19.5 Å². The number of hydrogen-bond donors (Lipinski definition) is 1. The first-order chi connectivity index (χ1) is 9.12. The van der Waals surface area contributed by atoms with Crippen LogP contribution in [0.2, 0.25) is 0 Å². The molecule has 1 fully saturated rings. The predicted octanol–water partition coefficient (Wildman–Crippen LogP) is 1.92. The summed E-state index contributed by atoms with van der Waals surface area (Å²) in [5, 5.41) is 0. The molecule has 0 amide bonds. The molecule has 1 atom stereocenters. The van der Waals surface area contributed by atoms with E-state index in [1.165, 1.54) is 12.3 Å². The van der Waals surface area contributed by atoms with Gasteiger partial charge in [-0.1, -0.05) is 7.43 Å². The number of sulfonamides is 1. The first kappa shape index (κ1) is 14.8. The molecule has 6 nitrogen and oxygen atoms in total.